The summed E-state index contributed by atoms with van der Waals surface area (Å²) in [5.74, 6) is 0.540. The molecule has 4 nitrogen and oxygen atoms in total. The fraction of sp³-hybridized carbons (Fsp3) is 0.314. The number of aromatic hydroxyl groups is 2. The Morgan fingerprint density at radius 3 is 1.82 bits per heavy atom. The van der Waals surface area contributed by atoms with Gasteiger partial charge in [0.25, 0.3) is 0 Å². The number of hydrogen-bond acceptors (Lipinski definition) is 4. The zero-order valence-electron chi connectivity index (χ0n) is 23.9. The predicted octanol–water partition coefficient (Wildman–Crippen LogP) is 8.00. The van der Waals surface area contributed by atoms with Crippen LogP contribution in [0.5, 0.6) is 11.5 Å². The maximum Gasteiger partial charge on any atom is 0.128 e. The standard InChI is InChI=1S/C35H40N2O2/c1-34(2,3)30-15-9-13-27(32(30)38)21-36-23-29(20-24-17-18-25-11-7-8-12-26(25)19-24)37-22-28-14-10-16-31(33(28)39)35(4,5)6/h7-19,21-22,29,38-39H,20,23H2,1-6H3/t29-/m0/s1. The Bertz CT molecular complexity index is 1500. The van der Waals surface area contributed by atoms with E-state index in [2.05, 4.69) is 77.9 Å². The van der Waals surface area contributed by atoms with Crippen LogP contribution in [0, 0.1) is 0 Å². The summed E-state index contributed by atoms with van der Waals surface area (Å²) >= 11 is 0. The highest BCUT2D eigenvalue weighted by atomic mass is 16.3. The third-order valence-electron chi connectivity index (χ3n) is 7.01. The van der Waals surface area contributed by atoms with Gasteiger partial charge in [-0.2, -0.15) is 0 Å². The van der Waals surface area contributed by atoms with Gasteiger partial charge in [-0.05, 0) is 56.8 Å². The molecule has 2 N–H and O–H groups in total. The second kappa shape index (κ2) is 11.4. The summed E-state index contributed by atoms with van der Waals surface area (Å²) in [5, 5.41) is 24.2. The van der Waals surface area contributed by atoms with Crippen LogP contribution in [0.15, 0.2) is 88.8 Å². The van der Waals surface area contributed by atoms with Crippen LogP contribution < -0.4 is 0 Å². The molecule has 0 unspecified atom stereocenters. The van der Waals surface area contributed by atoms with E-state index in [1.54, 1.807) is 12.4 Å². The first-order valence-corrected chi connectivity index (χ1v) is 13.6. The minimum absolute atomic E-state index is 0.145. The Kier molecular flexibility index (Phi) is 8.25. The van der Waals surface area contributed by atoms with Crippen molar-refractivity contribution in [2.75, 3.05) is 6.54 Å². The van der Waals surface area contributed by atoms with E-state index in [4.69, 9.17) is 9.98 Å². The molecular formula is C35H40N2O2. The van der Waals surface area contributed by atoms with Crippen molar-refractivity contribution in [1.29, 1.82) is 0 Å². The van der Waals surface area contributed by atoms with Crippen LogP contribution in [-0.2, 0) is 17.3 Å². The van der Waals surface area contributed by atoms with Crippen molar-refractivity contribution >= 4 is 23.2 Å². The fourth-order valence-corrected chi connectivity index (χ4v) is 4.80. The van der Waals surface area contributed by atoms with Gasteiger partial charge in [0.05, 0.1) is 12.6 Å². The zero-order chi connectivity index (χ0) is 28.2. The number of nitrogens with zero attached hydrogens (tertiary/aromatic N) is 2. The molecule has 202 valence electrons. The predicted molar refractivity (Wildman–Crippen MR) is 165 cm³/mol. The molecule has 0 amide bonds. The Morgan fingerprint density at radius 1 is 0.667 bits per heavy atom. The van der Waals surface area contributed by atoms with Crippen molar-refractivity contribution in [1.82, 2.24) is 0 Å². The second-order valence-electron chi connectivity index (χ2n) is 12.3. The summed E-state index contributed by atoms with van der Waals surface area (Å²) in [6, 6.07) is 26.3. The van der Waals surface area contributed by atoms with Gasteiger partial charge < -0.3 is 10.2 Å². The largest absolute Gasteiger partial charge is 0.507 e. The molecule has 39 heavy (non-hydrogen) atoms. The van der Waals surface area contributed by atoms with Gasteiger partial charge >= 0.3 is 0 Å². The topological polar surface area (TPSA) is 65.2 Å². The van der Waals surface area contributed by atoms with Crippen molar-refractivity contribution in [3.63, 3.8) is 0 Å². The normalized spacial score (nSPS) is 13.5. The first-order chi connectivity index (χ1) is 18.4. The van der Waals surface area contributed by atoms with Crippen LogP contribution in [0.3, 0.4) is 0 Å². The molecule has 1 atom stereocenters. The molecule has 4 aromatic rings. The number of phenols is 2. The molecule has 0 saturated heterocycles. The molecule has 0 saturated carbocycles. The lowest BCUT2D eigenvalue weighted by Crippen LogP contribution is -2.15. The maximum absolute atomic E-state index is 10.9. The SMILES string of the molecule is CC(C)(C)c1cccc(C=NC[C@H](Cc2ccc3ccccc3c2)N=Cc2cccc(C(C)(C)C)c2O)c1O. The molecule has 0 bridgehead atoms. The number of para-hydroxylation sites is 2. The first kappa shape index (κ1) is 28.1. The molecule has 4 rings (SSSR count). The van der Waals surface area contributed by atoms with Gasteiger partial charge in [-0.25, -0.2) is 0 Å². The summed E-state index contributed by atoms with van der Waals surface area (Å²) in [6.07, 6.45) is 4.21. The van der Waals surface area contributed by atoms with Gasteiger partial charge in [-0.15, -0.1) is 0 Å². The van der Waals surface area contributed by atoms with Crippen molar-refractivity contribution in [2.24, 2.45) is 9.98 Å². The lowest BCUT2D eigenvalue weighted by molar-refractivity contribution is 0.445. The Hall–Kier alpha value is -3.92. The monoisotopic (exact) mass is 520 g/mol. The molecule has 4 aromatic carbocycles. The van der Waals surface area contributed by atoms with Crippen LogP contribution in [0.4, 0.5) is 0 Å². The molecule has 0 fully saturated rings. The number of rotatable bonds is 7. The minimum atomic E-state index is -0.174. The summed E-state index contributed by atoms with van der Waals surface area (Å²) in [6.45, 7) is 13.0. The Morgan fingerprint density at radius 2 is 1.23 bits per heavy atom. The van der Waals surface area contributed by atoms with Crippen LogP contribution in [-0.4, -0.2) is 35.2 Å². The average Bonchev–Trinajstić information content (AvgIpc) is 2.87. The summed E-state index contributed by atoms with van der Waals surface area (Å²) in [4.78, 5) is 9.62. The number of phenolic OH excluding ortho intramolecular Hbond substituents is 2. The van der Waals surface area contributed by atoms with E-state index in [9.17, 15) is 10.2 Å². The highest BCUT2D eigenvalue weighted by molar-refractivity contribution is 5.86. The summed E-state index contributed by atoms with van der Waals surface area (Å²) in [5.41, 5.74) is 4.02. The molecule has 0 aromatic heterocycles. The fourth-order valence-electron chi connectivity index (χ4n) is 4.80. The number of fused-ring (bicyclic) bond motifs is 1. The van der Waals surface area contributed by atoms with Crippen LogP contribution >= 0.6 is 0 Å². The Balaban J connectivity index is 1.63. The quantitative estimate of drug-likeness (QED) is 0.243. The lowest BCUT2D eigenvalue weighted by Gasteiger charge is -2.21. The highest BCUT2D eigenvalue weighted by Gasteiger charge is 2.20. The molecule has 0 heterocycles. The zero-order valence-corrected chi connectivity index (χ0v) is 23.9. The van der Waals surface area contributed by atoms with E-state index in [0.717, 1.165) is 11.1 Å². The smallest absolute Gasteiger partial charge is 0.128 e. The van der Waals surface area contributed by atoms with Gasteiger partial charge in [0.2, 0.25) is 0 Å². The van der Waals surface area contributed by atoms with Crippen LogP contribution in [0.1, 0.15) is 69.4 Å². The van der Waals surface area contributed by atoms with Crippen molar-refractivity contribution < 1.29 is 10.2 Å². The molecular weight excluding hydrogens is 480 g/mol. The first-order valence-electron chi connectivity index (χ1n) is 13.6. The van der Waals surface area contributed by atoms with Gasteiger partial charge in [0.15, 0.2) is 0 Å². The molecule has 0 radical (unpaired) electrons. The van der Waals surface area contributed by atoms with Crippen LogP contribution in [0.2, 0.25) is 0 Å². The number of hydrogen-bond donors (Lipinski definition) is 2. The van der Waals surface area contributed by atoms with E-state index < -0.39 is 0 Å². The van der Waals surface area contributed by atoms with Crippen molar-refractivity contribution in [2.45, 2.75) is 64.8 Å². The van der Waals surface area contributed by atoms with Gasteiger partial charge in [-0.1, -0.05) is 108 Å². The van der Waals surface area contributed by atoms with Crippen molar-refractivity contribution in [3.05, 3.63) is 107 Å². The summed E-state index contributed by atoms with van der Waals surface area (Å²) in [7, 11) is 0. The number of aliphatic imine (C=N–C) groups is 2. The van der Waals surface area contributed by atoms with Gasteiger partial charge in [0.1, 0.15) is 11.5 Å². The lowest BCUT2D eigenvalue weighted by atomic mass is 9.85. The van der Waals surface area contributed by atoms with E-state index in [-0.39, 0.29) is 28.4 Å². The highest BCUT2D eigenvalue weighted by Crippen LogP contribution is 2.33. The molecule has 0 spiro atoms. The van der Waals surface area contributed by atoms with Crippen LogP contribution in [0.25, 0.3) is 10.8 Å². The maximum atomic E-state index is 10.9. The van der Waals surface area contributed by atoms with E-state index >= 15 is 0 Å². The molecule has 0 aliphatic rings. The van der Waals surface area contributed by atoms with Gasteiger partial charge in [0, 0.05) is 23.6 Å². The van der Waals surface area contributed by atoms with Gasteiger partial charge in [-0.3, -0.25) is 9.98 Å². The molecule has 0 aliphatic heterocycles. The number of benzene rings is 4. The van der Waals surface area contributed by atoms with E-state index in [0.29, 0.717) is 24.1 Å². The summed E-state index contributed by atoms with van der Waals surface area (Å²) < 4.78 is 0. The second-order valence-corrected chi connectivity index (χ2v) is 12.3. The Labute approximate surface area is 232 Å². The third kappa shape index (κ3) is 6.94. The van der Waals surface area contributed by atoms with E-state index in [1.165, 1.54) is 16.3 Å². The van der Waals surface area contributed by atoms with E-state index in [1.807, 2.05) is 42.5 Å². The minimum Gasteiger partial charge on any atom is -0.507 e. The third-order valence-corrected chi connectivity index (χ3v) is 7.01. The average molecular weight is 521 g/mol. The molecule has 4 heteroatoms. The molecule has 0 aliphatic carbocycles. The van der Waals surface area contributed by atoms with Crippen molar-refractivity contribution in [3.8, 4) is 11.5 Å².